The van der Waals surface area contributed by atoms with Crippen molar-refractivity contribution in [2.24, 2.45) is 0 Å². The summed E-state index contributed by atoms with van der Waals surface area (Å²) in [6.45, 7) is 0. The van der Waals surface area contributed by atoms with Crippen molar-refractivity contribution in [3.63, 3.8) is 0 Å². The molecule has 0 aromatic heterocycles. The average Bonchev–Trinajstić information content (AvgIpc) is 2.44. The zero-order valence-electron chi connectivity index (χ0n) is 11.0. The van der Waals surface area contributed by atoms with E-state index in [1.807, 2.05) is 18.2 Å². The predicted molar refractivity (Wildman–Crippen MR) is 79.5 cm³/mol. The fourth-order valence-corrected chi connectivity index (χ4v) is 2.33. The average molecular weight is 337 g/mol. The number of ether oxygens (including phenoxy) is 1. The van der Waals surface area contributed by atoms with E-state index in [1.54, 1.807) is 25.3 Å². The van der Waals surface area contributed by atoms with E-state index in [0.29, 0.717) is 11.3 Å². The van der Waals surface area contributed by atoms with Gasteiger partial charge in [-0.25, -0.2) is 4.39 Å². The highest BCUT2D eigenvalue weighted by molar-refractivity contribution is 9.10. The fourth-order valence-electron chi connectivity index (χ4n) is 1.94. The van der Waals surface area contributed by atoms with E-state index >= 15 is 0 Å². The molecule has 0 heterocycles. The second kappa shape index (κ2) is 6.66. The van der Waals surface area contributed by atoms with Gasteiger partial charge in [-0.1, -0.05) is 34.1 Å². The number of carbonyl (C=O) groups is 1. The lowest BCUT2D eigenvalue weighted by atomic mass is 10.0. The molecule has 20 heavy (non-hydrogen) atoms. The number of hydrogen-bond acceptors (Lipinski definition) is 2. The number of rotatable bonds is 5. The Morgan fingerprint density at radius 3 is 2.55 bits per heavy atom. The van der Waals surface area contributed by atoms with Crippen LogP contribution < -0.4 is 4.74 Å². The molecule has 0 aliphatic rings. The lowest BCUT2D eigenvalue weighted by Gasteiger charge is -2.07. The predicted octanol–water partition coefficient (Wildman–Crippen LogP) is 3.95. The van der Waals surface area contributed by atoms with E-state index < -0.39 is 0 Å². The van der Waals surface area contributed by atoms with E-state index in [9.17, 15) is 9.18 Å². The minimum absolute atomic E-state index is 0.0379. The third-order valence-corrected chi connectivity index (χ3v) is 3.76. The molecule has 0 saturated carbocycles. The molecule has 0 bridgehead atoms. The van der Waals surface area contributed by atoms with Crippen LogP contribution in [0.25, 0.3) is 0 Å². The van der Waals surface area contributed by atoms with Crippen molar-refractivity contribution >= 4 is 21.7 Å². The molecule has 0 aliphatic carbocycles. The molecule has 0 N–H and O–H groups in total. The van der Waals surface area contributed by atoms with E-state index in [2.05, 4.69) is 15.9 Å². The van der Waals surface area contributed by atoms with Crippen molar-refractivity contribution in [2.45, 2.75) is 12.8 Å². The monoisotopic (exact) mass is 336 g/mol. The first kappa shape index (κ1) is 14.7. The number of ketones is 1. The van der Waals surface area contributed by atoms with E-state index in [-0.39, 0.29) is 24.4 Å². The van der Waals surface area contributed by atoms with Crippen molar-refractivity contribution < 1.29 is 13.9 Å². The van der Waals surface area contributed by atoms with Crippen LogP contribution in [0, 0.1) is 5.82 Å². The first-order valence-electron chi connectivity index (χ1n) is 6.17. The van der Waals surface area contributed by atoms with Crippen molar-refractivity contribution in [1.29, 1.82) is 0 Å². The van der Waals surface area contributed by atoms with Gasteiger partial charge in [0.15, 0.2) is 0 Å². The molecule has 0 fully saturated rings. The molecule has 2 rings (SSSR count). The van der Waals surface area contributed by atoms with E-state index in [0.717, 1.165) is 10.0 Å². The summed E-state index contributed by atoms with van der Waals surface area (Å²) in [5.41, 5.74) is 1.27. The zero-order valence-corrected chi connectivity index (χ0v) is 12.6. The van der Waals surface area contributed by atoms with Gasteiger partial charge in [-0.05, 0) is 35.4 Å². The first-order chi connectivity index (χ1) is 9.60. The minimum Gasteiger partial charge on any atom is -0.497 e. The Labute approximate surface area is 125 Å². The van der Waals surface area contributed by atoms with Gasteiger partial charge in [0.05, 0.1) is 7.11 Å². The summed E-state index contributed by atoms with van der Waals surface area (Å²) in [7, 11) is 1.58. The minimum atomic E-state index is -0.342. The summed E-state index contributed by atoms with van der Waals surface area (Å²) in [5.74, 6) is 0.316. The molecule has 0 unspecified atom stereocenters. The van der Waals surface area contributed by atoms with Crippen molar-refractivity contribution in [3.8, 4) is 5.75 Å². The van der Waals surface area contributed by atoms with Gasteiger partial charge in [-0.2, -0.15) is 0 Å². The molecule has 0 radical (unpaired) electrons. The van der Waals surface area contributed by atoms with Crippen LogP contribution in [-0.2, 0) is 17.6 Å². The van der Waals surface area contributed by atoms with Gasteiger partial charge in [0.1, 0.15) is 17.3 Å². The van der Waals surface area contributed by atoms with Crippen LogP contribution >= 0.6 is 15.9 Å². The normalized spacial score (nSPS) is 10.3. The maximum Gasteiger partial charge on any atom is 0.141 e. The number of Topliss-reactive ketones (excluding diaryl/α,β-unsaturated/α-hetero) is 1. The first-order valence-corrected chi connectivity index (χ1v) is 6.97. The molecule has 0 aliphatic heterocycles. The lowest BCUT2D eigenvalue weighted by Crippen LogP contribution is -2.08. The Morgan fingerprint density at radius 2 is 1.85 bits per heavy atom. The van der Waals surface area contributed by atoms with Crippen LogP contribution in [0.2, 0.25) is 0 Å². The number of benzene rings is 2. The molecular formula is C16H14BrFO2. The van der Waals surface area contributed by atoms with Gasteiger partial charge in [0, 0.05) is 17.3 Å². The second-order valence-electron chi connectivity index (χ2n) is 4.44. The summed E-state index contributed by atoms with van der Waals surface area (Å²) in [6, 6.07) is 11.8. The summed E-state index contributed by atoms with van der Waals surface area (Å²) in [4.78, 5) is 12.1. The van der Waals surface area contributed by atoms with Crippen LogP contribution in [0.5, 0.6) is 5.75 Å². The maximum atomic E-state index is 13.5. The van der Waals surface area contributed by atoms with Crippen molar-refractivity contribution in [2.75, 3.05) is 7.11 Å². The van der Waals surface area contributed by atoms with Crippen molar-refractivity contribution in [1.82, 2.24) is 0 Å². The molecule has 0 saturated heterocycles. The third-order valence-electron chi connectivity index (χ3n) is 2.99. The van der Waals surface area contributed by atoms with Crippen LogP contribution in [-0.4, -0.2) is 12.9 Å². The molecule has 2 nitrogen and oxygen atoms in total. The highest BCUT2D eigenvalue weighted by atomic mass is 79.9. The van der Waals surface area contributed by atoms with E-state index in [1.165, 1.54) is 6.07 Å². The molecular weight excluding hydrogens is 323 g/mol. The maximum absolute atomic E-state index is 13.5. The van der Waals surface area contributed by atoms with Crippen LogP contribution in [0.15, 0.2) is 46.9 Å². The Morgan fingerprint density at radius 1 is 1.15 bits per heavy atom. The van der Waals surface area contributed by atoms with Gasteiger partial charge in [0.25, 0.3) is 0 Å². The molecule has 0 spiro atoms. The molecule has 4 heteroatoms. The van der Waals surface area contributed by atoms with Gasteiger partial charge in [-0.15, -0.1) is 0 Å². The number of hydrogen-bond donors (Lipinski definition) is 0. The van der Waals surface area contributed by atoms with Crippen LogP contribution in [0.4, 0.5) is 4.39 Å². The van der Waals surface area contributed by atoms with Gasteiger partial charge >= 0.3 is 0 Å². The lowest BCUT2D eigenvalue weighted by molar-refractivity contribution is -0.117. The van der Waals surface area contributed by atoms with Crippen LogP contribution in [0.1, 0.15) is 11.1 Å². The Hall–Kier alpha value is -1.68. The largest absolute Gasteiger partial charge is 0.497 e. The zero-order chi connectivity index (χ0) is 14.5. The molecule has 104 valence electrons. The number of halogens is 2. The summed E-state index contributed by atoms with van der Waals surface area (Å²) < 4.78 is 19.5. The summed E-state index contributed by atoms with van der Waals surface area (Å²) in [5, 5.41) is 0. The smallest absolute Gasteiger partial charge is 0.141 e. The topological polar surface area (TPSA) is 26.3 Å². The quantitative estimate of drug-likeness (QED) is 0.826. The SMILES string of the molecule is COc1ccc(Br)c(CC(=O)Cc2ccccc2F)c1. The van der Waals surface area contributed by atoms with Crippen LogP contribution in [0.3, 0.4) is 0 Å². The number of methoxy groups -OCH3 is 1. The molecule has 2 aromatic rings. The summed E-state index contributed by atoms with van der Waals surface area (Å²) in [6.07, 6.45) is 0.336. The Bertz CT molecular complexity index is 626. The Balaban J connectivity index is 2.10. The highest BCUT2D eigenvalue weighted by Crippen LogP contribution is 2.23. The standard InChI is InChI=1S/C16H14BrFO2/c1-20-14-6-7-15(17)12(10-14)9-13(19)8-11-4-2-3-5-16(11)18/h2-7,10H,8-9H2,1H3. The molecule has 0 atom stereocenters. The van der Waals surface area contributed by atoms with Gasteiger partial charge < -0.3 is 4.74 Å². The van der Waals surface area contributed by atoms with Gasteiger partial charge in [-0.3, -0.25) is 4.79 Å². The molecule has 2 aromatic carbocycles. The molecule has 0 amide bonds. The fraction of sp³-hybridized carbons (Fsp3) is 0.188. The van der Waals surface area contributed by atoms with Gasteiger partial charge in [0.2, 0.25) is 0 Å². The Kier molecular flexibility index (Phi) is 4.90. The number of carbonyl (C=O) groups excluding carboxylic acids is 1. The summed E-state index contributed by atoms with van der Waals surface area (Å²) >= 11 is 3.41. The highest BCUT2D eigenvalue weighted by Gasteiger charge is 2.11. The van der Waals surface area contributed by atoms with E-state index in [4.69, 9.17) is 4.74 Å². The third kappa shape index (κ3) is 3.67. The van der Waals surface area contributed by atoms with Crippen molar-refractivity contribution in [3.05, 3.63) is 63.9 Å². The second-order valence-corrected chi connectivity index (χ2v) is 5.30.